The number of hydrogen-bond acceptors (Lipinski definition) is 5. The normalized spacial score (nSPS) is 14.9. The zero-order valence-corrected chi connectivity index (χ0v) is 19.2. The summed E-state index contributed by atoms with van der Waals surface area (Å²) in [4.78, 5) is 26.2. The Bertz CT molecular complexity index is 1200. The molecule has 0 fully saturated rings. The molecule has 2 aromatic carbocycles. The fraction of sp³-hybridized carbons (Fsp3) is 0.240. The van der Waals surface area contributed by atoms with Gasteiger partial charge in [-0.25, -0.2) is 9.59 Å². The van der Waals surface area contributed by atoms with E-state index in [2.05, 4.69) is 15.7 Å². The third kappa shape index (κ3) is 4.50. The van der Waals surface area contributed by atoms with Crippen molar-refractivity contribution in [2.45, 2.75) is 32.6 Å². The van der Waals surface area contributed by atoms with Crippen LogP contribution in [0.3, 0.4) is 0 Å². The molecule has 1 aliphatic rings. The summed E-state index contributed by atoms with van der Waals surface area (Å²) < 4.78 is 6.69. The van der Waals surface area contributed by atoms with Gasteiger partial charge in [0.25, 0.3) is 0 Å². The lowest BCUT2D eigenvalue weighted by Gasteiger charge is -2.30. The van der Waals surface area contributed by atoms with Gasteiger partial charge >= 0.3 is 12.0 Å². The predicted octanol–water partition coefficient (Wildman–Crippen LogP) is 5.79. The minimum Gasteiger partial charge on any atom is -0.463 e. The predicted molar refractivity (Wildman–Crippen MR) is 129 cm³/mol. The Morgan fingerprint density at radius 3 is 2.52 bits per heavy atom. The lowest BCUT2D eigenvalue weighted by Crippen LogP contribution is -2.28. The molecule has 3 aromatic rings. The molecule has 1 aromatic heterocycles. The molecular formula is C25H25ClN4O3. The zero-order valence-electron chi connectivity index (χ0n) is 18.5. The third-order valence-electron chi connectivity index (χ3n) is 5.42. The van der Waals surface area contributed by atoms with Gasteiger partial charge < -0.3 is 15.4 Å². The van der Waals surface area contributed by atoms with E-state index in [0.29, 0.717) is 39.8 Å². The molecule has 0 bridgehead atoms. The first-order valence-corrected chi connectivity index (χ1v) is 11.3. The van der Waals surface area contributed by atoms with Gasteiger partial charge in [-0.1, -0.05) is 61.3 Å². The SMILES string of the molecule is CCCC1=C(C(=O)OCC)C(c2ccccc2Cl)c2cnn(C(=O)Nc3ccccc3)c2N1. The van der Waals surface area contributed by atoms with Crippen LogP contribution in [-0.2, 0) is 9.53 Å². The molecule has 7 nitrogen and oxygen atoms in total. The highest BCUT2D eigenvalue weighted by Gasteiger charge is 2.38. The second-order valence-electron chi connectivity index (χ2n) is 7.60. The number of fused-ring (bicyclic) bond motifs is 1. The highest BCUT2D eigenvalue weighted by molar-refractivity contribution is 6.31. The summed E-state index contributed by atoms with van der Waals surface area (Å²) in [6, 6.07) is 16.1. The number of ether oxygens (including phenoxy) is 1. The van der Waals surface area contributed by atoms with Crippen LogP contribution in [-0.4, -0.2) is 28.4 Å². The van der Waals surface area contributed by atoms with E-state index < -0.39 is 17.9 Å². The Labute approximate surface area is 197 Å². The number of carbonyl (C=O) groups excluding carboxylic acids is 2. The molecule has 0 radical (unpaired) electrons. The van der Waals surface area contributed by atoms with E-state index in [-0.39, 0.29) is 6.61 Å². The summed E-state index contributed by atoms with van der Waals surface area (Å²) in [5.41, 5.74) is 3.27. The maximum absolute atomic E-state index is 13.1. The summed E-state index contributed by atoms with van der Waals surface area (Å²) in [5.74, 6) is -0.427. The van der Waals surface area contributed by atoms with Crippen molar-refractivity contribution in [3.8, 4) is 0 Å². The first-order chi connectivity index (χ1) is 16.0. The molecular weight excluding hydrogens is 440 g/mol. The number of aromatic nitrogens is 2. The molecule has 170 valence electrons. The molecule has 2 heterocycles. The molecule has 4 rings (SSSR count). The lowest BCUT2D eigenvalue weighted by molar-refractivity contribution is -0.138. The minimum absolute atomic E-state index is 0.253. The Morgan fingerprint density at radius 1 is 1.09 bits per heavy atom. The van der Waals surface area contributed by atoms with Crippen LogP contribution < -0.4 is 10.6 Å². The zero-order chi connectivity index (χ0) is 23.4. The highest BCUT2D eigenvalue weighted by Crippen LogP contribution is 2.45. The molecule has 1 unspecified atom stereocenters. The van der Waals surface area contributed by atoms with Crippen molar-refractivity contribution in [2.24, 2.45) is 0 Å². The fourth-order valence-electron chi connectivity index (χ4n) is 4.02. The van der Waals surface area contributed by atoms with Gasteiger partial charge in [0, 0.05) is 27.9 Å². The molecule has 0 saturated heterocycles. The highest BCUT2D eigenvalue weighted by atomic mass is 35.5. The van der Waals surface area contributed by atoms with Gasteiger partial charge in [0.2, 0.25) is 0 Å². The number of nitrogens with one attached hydrogen (secondary N) is 2. The van der Waals surface area contributed by atoms with Crippen LogP contribution in [0.25, 0.3) is 0 Å². The van der Waals surface area contributed by atoms with Gasteiger partial charge in [0.05, 0.1) is 18.4 Å². The fourth-order valence-corrected chi connectivity index (χ4v) is 4.26. The van der Waals surface area contributed by atoms with Crippen molar-refractivity contribution in [3.05, 3.63) is 88.2 Å². The maximum Gasteiger partial charge on any atom is 0.348 e. The third-order valence-corrected chi connectivity index (χ3v) is 5.76. The molecule has 0 aliphatic carbocycles. The van der Waals surface area contributed by atoms with E-state index in [4.69, 9.17) is 16.3 Å². The van der Waals surface area contributed by atoms with Crippen LogP contribution in [0.5, 0.6) is 0 Å². The number of amides is 1. The number of allylic oxidation sites excluding steroid dienone is 1. The standard InChI is InChI=1S/C25H25ClN4O3/c1-3-10-20-22(24(31)33-4-2)21(17-13-8-9-14-19(17)26)18-15-27-30(23(18)29-20)25(32)28-16-11-6-5-7-12-16/h5-9,11-15,21,29H,3-4,10H2,1-2H3,(H,28,32). The van der Waals surface area contributed by atoms with E-state index in [1.807, 2.05) is 43.3 Å². The Morgan fingerprint density at radius 2 is 1.82 bits per heavy atom. The second-order valence-corrected chi connectivity index (χ2v) is 8.01. The summed E-state index contributed by atoms with van der Waals surface area (Å²) >= 11 is 6.57. The number of esters is 1. The first kappa shape index (κ1) is 22.6. The number of nitrogens with zero attached hydrogens (tertiary/aromatic N) is 2. The van der Waals surface area contributed by atoms with Gasteiger partial charge in [0.1, 0.15) is 5.82 Å². The van der Waals surface area contributed by atoms with Crippen LogP contribution in [0.2, 0.25) is 5.02 Å². The monoisotopic (exact) mass is 464 g/mol. The van der Waals surface area contributed by atoms with Gasteiger partial charge in [-0.3, -0.25) is 0 Å². The molecule has 1 aliphatic heterocycles. The van der Waals surface area contributed by atoms with Crippen molar-refractivity contribution in [1.29, 1.82) is 0 Å². The van der Waals surface area contributed by atoms with Crippen LogP contribution in [0.4, 0.5) is 16.3 Å². The van der Waals surface area contributed by atoms with E-state index in [1.165, 1.54) is 4.68 Å². The smallest absolute Gasteiger partial charge is 0.348 e. The number of rotatable bonds is 6. The lowest BCUT2D eigenvalue weighted by atomic mass is 9.82. The number of para-hydroxylation sites is 1. The van der Waals surface area contributed by atoms with Gasteiger partial charge in [-0.05, 0) is 37.1 Å². The Hall–Kier alpha value is -3.58. The molecule has 1 atom stereocenters. The van der Waals surface area contributed by atoms with Crippen LogP contribution in [0.15, 0.2) is 72.1 Å². The van der Waals surface area contributed by atoms with Crippen LogP contribution >= 0.6 is 11.6 Å². The maximum atomic E-state index is 13.1. The Kier molecular flexibility index (Phi) is 6.79. The van der Waals surface area contributed by atoms with Gasteiger partial charge in [-0.2, -0.15) is 9.78 Å². The van der Waals surface area contributed by atoms with Crippen molar-refractivity contribution in [1.82, 2.24) is 9.78 Å². The van der Waals surface area contributed by atoms with Crippen LogP contribution in [0.1, 0.15) is 43.7 Å². The van der Waals surface area contributed by atoms with E-state index in [0.717, 1.165) is 12.0 Å². The summed E-state index contributed by atoms with van der Waals surface area (Å²) in [6.07, 6.45) is 2.99. The number of halogens is 1. The average Bonchev–Trinajstić information content (AvgIpc) is 3.23. The van der Waals surface area contributed by atoms with E-state index >= 15 is 0 Å². The molecule has 2 N–H and O–H groups in total. The van der Waals surface area contributed by atoms with Gasteiger partial charge in [-0.15, -0.1) is 0 Å². The molecule has 0 spiro atoms. The van der Waals surface area contributed by atoms with Crippen molar-refractivity contribution < 1.29 is 14.3 Å². The minimum atomic E-state index is -0.520. The summed E-state index contributed by atoms with van der Waals surface area (Å²) in [6.45, 7) is 4.05. The number of hydrogen-bond donors (Lipinski definition) is 2. The molecule has 8 heteroatoms. The Balaban J connectivity index is 1.84. The molecule has 0 saturated carbocycles. The van der Waals surface area contributed by atoms with Crippen LogP contribution in [0, 0.1) is 0 Å². The average molecular weight is 465 g/mol. The number of benzene rings is 2. The quantitative estimate of drug-likeness (QED) is 0.451. The molecule has 1 amide bonds. The summed E-state index contributed by atoms with van der Waals surface area (Å²) in [7, 11) is 0. The number of carbonyl (C=O) groups is 2. The molecule has 33 heavy (non-hydrogen) atoms. The largest absolute Gasteiger partial charge is 0.463 e. The topological polar surface area (TPSA) is 85.2 Å². The van der Waals surface area contributed by atoms with Gasteiger partial charge in [0.15, 0.2) is 0 Å². The first-order valence-electron chi connectivity index (χ1n) is 10.9. The number of anilines is 2. The van der Waals surface area contributed by atoms with Crippen molar-refractivity contribution in [3.63, 3.8) is 0 Å². The van der Waals surface area contributed by atoms with E-state index in [9.17, 15) is 9.59 Å². The second kappa shape index (κ2) is 9.92. The van der Waals surface area contributed by atoms with Crippen molar-refractivity contribution in [2.75, 3.05) is 17.2 Å². The van der Waals surface area contributed by atoms with Crippen molar-refractivity contribution >= 4 is 35.1 Å². The summed E-state index contributed by atoms with van der Waals surface area (Å²) in [5, 5.41) is 11.0. The van der Waals surface area contributed by atoms with E-state index in [1.54, 1.807) is 31.3 Å².